The molecule has 2 N–H and O–H groups in total. The zero-order chi connectivity index (χ0) is 16.7. The summed E-state index contributed by atoms with van der Waals surface area (Å²) < 4.78 is 0. The number of carbonyl (C=O) groups is 2. The maximum Gasteiger partial charge on any atom is 0.254 e. The van der Waals surface area contributed by atoms with E-state index in [2.05, 4.69) is 17.6 Å². The Hall–Kier alpha value is -1.59. The summed E-state index contributed by atoms with van der Waals surface area (Å²) in [7, 11) is 0. The quantitative estimate of drug-likeness (QED) is 0.791. The van der Waals surface area contributed by atoms with Gasteiger partial charge in [0, 0.05) is 36.8 Å². The highest BCUT2D eigenvalue weighted by Crippen LogP contribution is 2.15. The third-order valence-electron chi connectivity index (χ3n) is 4.11. The van der Waals surface area contributed by atoms with Gasteiger partial charge in [0.2, 0.25) is 0 Å². The fraction of sp³-hybridized carbons (Fsp3) is 0.556. The molecule has 1 unspecified atom stereocenters. The molecule has 2 amide bonds. The van der Waals surface area contributed by atoms with Gasteiger partial charge in [-0.2, -0.15) is 0 Å². The third kappa shape index (κ3) is 5.21. The van der Waals surface area contributed by atoms with E-state index in [1.165, 1.54) is 0 Å². The molecule has 0 aliphatic carbocycles. The maximum absolute atomic E-state index is 12.9. The van der Waals surface area contributed by atoms with Crippen molar-refractivity contribution in [3.05, 3.63) is 35.4 Å². The first-order chi connectivity index (χ1) is 11.2. The molecule has 5 nitrogen and oxygen atoms in total. The van der Waals surface area contributed by atoms with Gasteiger partial charge >= 0.3 is 0 Å². The second-order valence-corrected chi connectivity index (χ2v) is 5.98. The van der Waals surface area contributed by atoms with Crippen LogP contribution in [0, 0.1) is 0 Å². The number of rotatable bonds is 7. The number of hydrogen-bond donors (Lipinski definition) is 2. The van der Waals surface area contributed by atoms with Gasteiger partial charge in [-0.3, -0.25) is 9.59 Å². The molecule has 1 atom stereocenters. The van der Waals surface area contributed by atoms with Crippen molar-refractivity contribution in [3.63, 3.8) is 0 Å². The molecule has 0 spiro atoms. The number of hydrogen-bond acceptors (Lipinski definition) is 3. The van der Waals surface area contributed by atoms with Gasteiger partial charge in [-0.15, -0.1) is 12.4 Å². The maximum atomic E-state index is 12.9. The normalized spacial score (nSPS) is 16.3. The Kier molecular flexibility index (Phi) is 8.79. The fourth-order valence-corrected chi connectivity index (χ4v) is 2.90. The van der Waals surface area contributed by atoms with Crippen LogP contribution in [0.2, 0.25) is 0 Å². The summed E-state index contributed by atoms with van der Waals surface area (Å²) in [6.07, 6.45) is 2.81. The van der Waals surface area contributed by atoms with Crippen LogP contribution < -0.4 is 10.6 Å². The zero-order valence-electron chi connectivity index (χ0n) is 14.5. The van der Waals surface area contributed by atoms with Crippen LogP contribution in [0.5, 0.6) is 0 Å². The predicted molar refractivity (Wildman–Crippen MR) is 98.9 cm³/mol. The minimum Gasteiger partial charge on any atom is -0.352 e. The van der Waals surface area contributed by atoms with Crippen molar-refractivity contribution in [2.24, 2.45) is 0 Å². The van der Waals surface area contributed by atoms with Gasteiger partial charge in [0.15, 0.2) is 0 Å². The average Bonchev–Trinajstić information content (AvgIpc) is 3.11. The van der Waals surface area contributed by atoms with Crippen LogP contribution >= 0.6 is 12.4 Å². The first-order valence-corrected chi connectivity index (χ1v) is 8.57. The molecule has 0 saturated carbocycles. The lowest BCUT2D eigenvalue weighted by Gasteiger charge is -2.28. The highest BCUT2D eigenvalue weighted by molar-refractivity contribution is 5.99. The average molecular weight is 354 g/mol. The predicted octanol–water partition coefficient (Wildman–Crippen LogP) is 2.46. The molecule has 1 heterocycles. The first-order valence-electron chi connectivity index (χ1n) is 8.57. The largest absolute Gasteiger partial charge is 0.352 e. The van der Waals surface area contributed by atoms with Crippen molar-refractivity contribution in [1.82, 2.24) is 15.5 Å². The number of halogens is 1. The molecule has 1 fully saturated rings. The Bertz CT molecular complexity index is 545. The van der Waals surface area contributed by atoms with E-state index in [1.807, 2.05) is 11.8 Å². The Morgan fingerprint density at radius 2 is 2.00 bits per heavy atom. The molecule has 1 aliphatic rings. The lowest BCUT2D eigenvalue weighted by molar-refractivity contribution is 0.0692. The number of carbonyl (C=O) groups excluding carboxylic acids is 2. The van der Waals surface area contributed by atoms with Gasteiger partial charge < -0.3 is 15.5 Å². The van der Waals surface area contributed by atoms with E-state index < -0.39 is 0 Å². The van der Waals surface area contributed by atoms with Crippen LogP contribution in [0.1, 0.15) is 53.8 Å². The van der Waals surface area contributed by atoms with E-state index in [0.717, 1.165) is 38.9 Å². The van der Waals surface area contributed by atoms with E-state index in [0.29, 0.717) is 17.7 Å². The van der Waals surface area contributed by atoms with E-state index in [1.54, 1.807) is 24.3 Å². The molecule has 134 valence electrons. The molecule has 0 bridgehead atoms. The van der Waals surface area contributed by atoms with Crippen LogP contribution in [0.25, 0.3) is 0 Å². The Labute approximate surface area is 150 Å². The summed E-state index contributed by atoms with van der Waals surface area (Å²) in [6, 6.07) is 7.29. The van der Waals surface area contributed by atoms with E-state index in [-0.39, 0.29) is 30.3 Å². The number of nitrogens with zero attached hydrogens (tertiary/aromatic N) is 1. The van der Waals surface area contributed by atoms with E-state index >= 15 is 0 Å². The molecule has 6 heteroatoms. The van der Waals surface area contributed by atoms with Crippen molar-refractivity contribution in [1.29, 1.82) is 0 Å². The number of amides is 2. The lowest BCUT2D eigenvalue weighted by Crippen LogP contribution is -2.42. The molecule has 24 heavy (non-hydrogen) atoms. The Balaban J connectivity index is 0.00000288. The molecule has 1 aliphatic heterocycles. The second kappa shape index (κ2) is 10.3. The van der Waals surface area contributed by atoms with Gasteiger partial charge in [-0.25, -0.2) is 0 Å². The molecule has 1 saturated heterocycles. The van der Waals surface area contributed by atoms with Crippen LogP contribution in [0.4, 0.5) is 0 Å². The Morgan fingerprint density at radius 3 is 2.62 bits per heavy atom. The minimum atomic E-state index is -0.119. The summed E-state index contributed by atoms with van der Waals surface area (Å²) in [5, 5.41) is 6.16. The molecule has 1 aromatic rings. The smallest absolute Gasteiger partial charge is 0.254 e. The molecule has 1 aromatic carbocycles. The van der Waals surface area contributed by atoms with Gasteiger partial charge in [0.1, 0.15) is 0 Å². The minimum absolute atomic E-state index is 0. The zero-order valence-corrected chi connectivity index (χ0v) is 15.3. The van der Waals surface area contributed by atoms with Gasteiger partial charge in [-0.05, 0) is 44.0 Å². The molecule has 2 rings (SSSR count). The number of nitrogens with one attached hydrogen (secondary N) is 2. The van der Waals surface area contributed by atoms with Crippen LogP contribution in [-0.2, 0) is 0 Å². The topological polar surface area (TPSA) is 61.4 Å². The fourth-order valence-electron chi connectivity index (χ4n) is 2.90. The molecule has 0 radical (unpaired) electrons. The van der Waals surface area contributed by atoms with Crippen molar-refractivity contribution in [2.45, 2.75) is 39.2 Å². The lowest BCUT2D eigenvalue weighted by atomic mass is 10.1. The summed E-state index contributed by atoms with van der Waals surface area (Å²) >= 11 is 0. The van der Waals surface area contributed by atoms with Gasteiger partial charge in [-0.1, -0.05) is 19.9 Å². The van der Waals surface area contributed by atoms with Gasteiger partial charge in [0.05, 0.1) is 0 Å². The first kappa shape index (κ1) is 20.5. The summed E-state index contributed by atoms with van der Waals surface area (Å²) in [5.74, 6) is -0.100. The van der Waals surface area contributed by atoms with Crippen molar-refractivity contribution < 1.29 is 9.59 Å². The summed E-state index contributed by atoms with van der Waals surface area (Å²) in [4.78, 5) is 26.9. The third-order valence-corrected chi connectivity index (χ3v) is 4.11. The second-order valence-electron chi connectivity index (χ2n) is 5.98. The van der Waals surface area contributed by atoms with Crippen LogP contribution in [0.15, 0.2) is 24.3 Å². The standard InChI is InChI=1S/C18H27N3O2.ClH/c1-3-9-20-17(22)14-6-5-7-15(12-14)18(23)21(11-4-2)16-8-10-19-13-16;/h5-7,12,16,19H,3-4,8-11,13H2,1-2H3,(H,20,22);1H. The van der Waals surface area contributed by atoms with Crippen LogP contribution in [0.3, 0.4) is 0 Å². The van der Waals surface area contributed by atoms with E-state index in [9.17, 15) is 9.59 Å². The molecule has 0 aromatic heterocycles. The van der Waals surface area contributed by atoms with E-state index in [4.69, 9.17) is 0 Å². The van der Waals surface area contributed by atoms with Crippen molar-refractivity contribution >= 4 is 24.2 Å². The highest BCUT2D eigenvalue weighted by atomic mass is 35.5. The van der Waals surface area contributed by atoms with Gasteiger partial charge in [0.25, 0.3) is 11.8 Å². The molecular formula is C18H28ClN3O2. The van der Waals surface area contributed by atoms with Crippen LogP contribution in [-0.4, -0.2) is 48.9 Å². The van der Waals surface area contributed by atoms with Crippen molar-refractivity contribution in [3.8, 4) is 0 Å². The highest BCUT2D eigenvalue weighted by Gasteiger charge is 2.26. The summed E-state index contributed by atoms with van der Waals surface area (Å²) in [5.41, 5.74) is 1.14. The summed E-state index contributed by atoms with van der Waals surface area (Å²) in [6.45, 7) is 7.29. The number of benzene rings is 1. The monoisotopic (exact) mass is 353 g/mol. The molecular weight excluding hydrogens is 326 g/mol. The van der Waals surface area contributed by atoms with Crippen molar-refractivity contribution in [2.75, 3.05) is 26.2 Å². The SMILES string of the molecule is CCCNC(=O)c1cccc(C(=O)N(CCC)C2CCNC2)c1.Cl. The Morgan fingerprint density at radius 1 is 1.25 bits per heavy atom.